The van der Waals surface area contributed by atoms with Crippen molar-refractivity contribution in [3.63, 3.8) is 0 Å². The Hall–Kier alpha value is -0.790. The third-order valence-corrected chi connectivity index (χ3v) is 1.18. The molecule has 1 aliphatic rings. The summed E-state index contributed by atoms with van der Waals surface area (Å²) in [5.74, 6) is 0.486. The molecular formula is C6H8O2. The van der Waals surface area contributed by atoms with Crippen molar-refractivity contribution in [2.75, 3.05) is 0 Å². The third-order valence-electron chi connectivity index (χ3n) is 1.18. The molecule has 0 unspecified atom stereocenters. The Balaban J connectivity index is 2.64. The van der Waals surface area contributed by atoms with Gasteiger partial charge in [-0.2, -0.15) is 0 Å². The van der Waals surface area contributed by atoms with Gasteiger partial charge in [-0.05, 0) is 0 Å². The van der Waals surface area contributed by atoms with Crippen LogP contribution in [-0.4, -0.2) is 5.97 Å². The van der Waals surface area contributed by atoms with E-state index in [1.807, 2.05) is 6.92 Å². The summed E-state index contributed by atoms with van der Waals surface area (Å²) in [6.07, 6.45) is 0.693. The average Bonchev–Trinajstić information content (AvgIpc) is 1.85. The highest BCUT2D eigenvalue weighted by atomic mass is 16.5. The van der Waals surface area contributed by atoms with Crippen LogP contribution in [0.4, 0.5) is 0 Å². The molecule has 1 saturated heterocycles. The summed E-state index contributed by atoms with van der Waals surface area (Å²) in [4.78, 5) is 10.5. The molecule has 0 amide bonds. The largest absolute Gasteiger partial charge is 0.431 e. The molecule has 2 heteroatoms. The zero-order valence-electron chi connectivity index (χ0n) is 4.81. The molecule has 8 heavy (non-hydrogen) atoms. The molecule has 0 spiro atoms. The van der Waals surface area contributed by atoms with Crippen LogP contribution in [0.1, 0.15) is 13.3 Å². The lowest BCUT2D eigenvalue weighted by Gasteiger charge is -1.88. The number of hydrogen-bond acceptors (Lipinski definition) is 2. The van der Waals surface area contributed by atoms with Gasteiger partial charge in [0.05, 0.1) is 5.92 Å². The van der Waals surface area contributed by atoms with E-state index in [0.29, 0.717) is 12.2 Å². The van der Waals surface area contributed by atoms with Crippen molar-refractivity contribution in [1.29, 1.82) is 0 Å². The highest BCUT2D eigenvalue weighted by Gasteiger charge is 2.24. The second-order valence-electron chi connectivity index (χ2n) is 2.06. The first-order valence-corrected chi connectivity index (χ1v) is 2.59. The second-order valence-corrected chi connectivity index (χ2v) is 2.06. The first kappa shape index (κ1) is 5.35. The Morgan fingerprint density at radius 2 is 2.50 bits per heavy atom. The molecule has 0 N–H and O–H groups in total. The number of carbonyl (C=O) groups excluding carboxylic acids is 1. The van der Waals surface area contributed by atoms with E-state index in [9.17, 15) is 4.79 Å². The average molecular weight is 112 g/mol. The molecule has 1 rings (SSSR count). The molecule has 0 aromatic heterocycles. The van der Waals surface area contributed by atoms with E-state index < -0.39 is 0 Å². The second kappa shape index (κ2) is 1.62. The van der Waals surface area contributed by atoms with E-state index in [0.717, 1.165) is 0 Å². The van der Waals surface area contributed by atoms with Gasteiger partial charge in [-0.3, -0.25) is 4.79 Å². The first-order valence-electron chi connectivity index (χ1n) is 2.59. The van der Waals surface area contributed by atoms with E-state index >= 15 is 0 Å². The summed E-state index contributed by atoms with van der Waals surface area (Å²) in [6.45, 7) is 5.35. The normalized spacial score (nSPS) is 28.4. The number of esters is 1. The fourth-order valence-electron chi connectivity index (χ4n) is 0.709. The molecule has 0 aromatic carbocycles. The van der Waals surface area contributed by atoms with Crippen molar-refractivity contribution < 1.29 is 9.53 Å². The van der Waals surface area contributed by atoms with Gasteiger partial charge in [0.15, 0.2) is 0 Å². The Labute approximate surface area is 48.1 Å². The summed E-state index contributed by atoms with van der Waals surface area (Å²) < 4.78 is 4.64. The van der Waals surface area contributed by atoms with Gasteiger partial charge in [0, 0.05) is 6.42 Å². The lowest BCUT2D eigenvalue weighted by atomic mass is 10.1. The van der Waals surface area contributed by atoms with E-state index in [1.165, 1.54) is 0 Å². The van der Waals surface area contributed by atoms with Crippen molar-refractivity contribution in [2.24, 2.45) is 5.92 Å². The monoisotopic (exact) mass is 112 g/mol. The van der Waals surface area contributed by atoms with Crippen molar-refractivity contribution in [3.05, 3.63) is 12.3 Å². The molecule has 1 heterocycles. The quantitative estimate of drug-likeness (QED) is 0.438. The molecule has 2 nitrogen and oxygen atoms in total. The van der Waals surface area contributed by atoms with Crippen LogP contribution < -0.4 is 0 Å². The summed E-state index contributed by atoms with van der Waals surface area (Å²) in [5, 5.41) is 0. The number of allylic oxidation sites excluding steroid dienone is 1. The Bertz CT molecular complexity index is 137. The molecule has 0 aliphatic carbocycles. The molecule has 1 aliphatic heterocycles. The van der Waals surface area contributed by atoms with Crippen LogP contribution >= 0.6 is 0 Å². The van der Waals surface area contributed by atoms with Gasteiger partial charge in [0.2, 0.25) is 0 Å². The fourth-order valence-corrected chi connectivity index (χ4v) is 0.709. The minimum absolute atomic E-state index is 0.0301. The van der Waals surface area contributed by atoms with Crippen LogP contribution in [0.15, 0.2) is 12.3 Å². The molecule has 1 atom stereocenters. The van der Waals surface area contributed by atoms with Gasteiger partial charge in [-0.1, -0.05) is 13.5 Å². The predicted molar refractivity (Wildman–Crippen MR) is 29.0 cm³/mol. The molecular weight excluding hydrogens is 104 g/mol. The number of hydrogen-bond donors (Lipinski definition) is 0. The predicted octanol–water partition coefficient (Wildman–Crippen LogP) is 1.08. The lowest BCUT2D eigenvalue weighted by molar-refractivity contribution is -0.138. The summed E-state index contributed by atoms with van der Waals surface area (Å²) in [7, 11) is 0. The maximum atomic E-state index is 10.5. The van der Waals surface area contributed by atoms with E-state index in [2.05, 4.69) is 11.3 Å². The van der Waals surface area contributed by atoms with Crippen LogP contribution in [0, 0.1) is 5.92 Å². The van der Waals surface area contributed by atoms with Crippen LogP contribution in [0.5, 0.6) is 0 Å². The van der Waals surface area contributed by atoms with Crippen molar-refractivity contribution >= 4 is 5.97 Å². The molecule has 0 aromatic rings. The van der Waals surface area contributed by atoms with Crippen LogP contribution in [0.3, 0.4) is 0 Å². The lowest BCUT2D eigenvalue weighted by Crippen LogP contribution is -2.00. The Kier molecular flexibility index (Phi) is 1.08. The summed E-state index contributed by atoms with van der Waals surface area (Å²) in [5.41, 5.74) is 0. The molecule has 1 fully saturated rings. The highest BCUT2D eigenvalue weighted by molar-refractivity contribution is 5.75. The van der Waals surface area contributed by atoms with Crippen molar-refractivity contribution in [1.82, 2.24) is 0 Å². The number of ether oxygens (including phenoxy) is 1. The SMILES string of the molecule is C=C1C[C@H](C)C(=O)O1. The standard InChI is InChI=1S/C6H8O2/c1-4-3-5(2)8-6(4)7/h4H,2-3H2,1H3/t4-/m0/s1. The van der Waals surface area contributed by atoms with E-state index in [1.54, 1.807) is 0 Å². The fraction of sp³-hybridized carbons (Fsp3) is 0.500. The maximum absolute atomic E-state index is 10.5. The number of cyclic esters (lactones) is 1. The maximum Gasteiger partial charge on any atom is 0.314 e. The van der Waals surface area contributed by atoms with E-state index in [4.69, 9.17) is 0 Å². The van der Waals surface area contributed by atoms with Crippen LogP contribution in [0.25, 0.3) is 0 Å². The minimum atomic E-state index is -0.144. The van der Waals surface area contributed by atoms with Crippen molar-refractivity contribution in [3.8, 4) is 0 Å². The topological polar surface area (TPSA) is 26.3 Å². The van der Waals surface area contributed by atoms with E-state index in [-0.39, 0.29) is 11.9 Å². The van der Waals surface area contributed by atoms with Gasteiger partial charge in [-0.25, -0.2) is 0 Å². The third kappa shape index (κ3) is 0.735. The molecule has 0 bridgehead atoms. The highest BCUT2D eigenvalue weighted by Crippen LogP contribution is 2.21. The van der Waals surface area contributed by atoms with Gasteiger partial charge in [-0.15, -0.1) is 0 Å². The van der Waals surface area contributed by atoms with Crippen LogP contribution in [0.2, 0.25) is 0 Å². The van der Waals surface area contributed by atoms with Gasteiger partial charge in [0.25, 0.3) is 0 Å². The number of carbonyl (C=O) groups is 1. The van der Waals surface area contributed by atoms with Gasteiger partial charge >= 0.3 is 5.97 Å². The van der Waals surface area contributed by atoms with Crippen molar-refractivity contribution in [2.45, 2.75) is 13.3 Å². The smallest absolute Gasteiger partial charge is 0.314 e. The summed E-state index contributed by atoms with van der Waals surface area (Å²) >= 11 is 0. The summed E-state index contributed by atoms with van der Waals surface area (Å²) in [6, 6.07) is 0. The molecule has 0 saturated carbocycles. The molecule has 44 valence electrons. The minimum Gasteiger partial charge on any atom is -0.431 e. The van der Waals surface area contributed by atoms with Crippen LogP contribution in [-0.2, 0) is 9.53 Å². The zero-order chi connectivity index (χ0) is 6.15. The molecule has 0 radical (unpaired) electrons. The number of rotatable bonds is 0. The Morgan fingerprint density at radius 1 is 1.88 bits per heavy atom. The first-order chi connectivity index (χ1) is 3.70. The van der Waals surface area contributed by atoms with Gasteiger partial charge in [0.1, 0.15) is 5.76 Å². The van der Waals surface area contributed by atoms with Gasteiger partial charge < -0.3 is 4.74 Å². The Morgan fingerprint density at radius 3 is 2.62 bits per heavy atom. The zero-order valence-corrected chi connectivity index (χ0v) is 4.81.